The summed E-state index contributed by atoms with van der Waals surface area (Å²) >= 11 is 7.75. The second kappa shape index (κ2) is 6.56. The van der Waals surface area contributed by atoms with Crippen LogP contribution >= 0.6 is 22.9 Å². The van der Waals surface area contributed by atoms with Crippen LogP contribution in [0.25, 0.3) is 10.8 Å². The Hall–Kier alpha value is -1.42. The van der Waals surface area contributed by atoms with E-state index in [0.717, 1.165) is 17.3 Å². The van der Waals surface area contributed by atoms with Gasteiger partial charge in [-0.3, -0.25) is 4.98 Å². The molecule has 0 aliphatic carbocycles. The Balaban J connectivity index is 2.09. The first kappa shape index (κ1) is 14.5. The van der Waals surface area contributed by atoms with E-state index in [1.54, 1.807) is 11.3 Å². The van der Waals surface area contributed by atoms with Crippen LogP contribution in [0, 0.1) is 0 Å². The van der Waals surface area contributed by atoms with Crippen molar-refractivity contribution in [2.75, 3.05) is 6.54 Å². The third-order valence-electron chi connectivity index (χ3n) is 3.51. The van der Waals surface area contributed by atoms with E-state index in [1.807, 2.05) is 18.5 Å². The maximum absolute atomic E-state index is 6.12. The van der Waals surface area contributed by atoms with Crippen LogP contribution in [0.2, 0.25) is 4.34 Å². The topological polar surface area (TPSA) is 24.9 Å². The van der Waals surface area contributed by atoms with Gasteiger partial charge in [0.15, 0.2) is 0 Å². The Bertz CT molecular complexity index is 733. The molecule has 0 spiro atoms. The highest BCUT2D eigenvalue weighted by Gasteiger charge is 2.17. The standard InChI is InChI=1S/C17H17ClN2S/c1-2-9-20-17(15-6-7-16(18)21-15)13-5-3-4-12-8-10-19-11-14(12)13/h3-8,10-11,17,20H,2,9H2,1H3. The summed E-state index contributed by atoms with van der Waals surface area (Å²) in [4.78, 5) is 5.53. The number of nitrogens with one attached hydrogen (secondary N) is 1. The lowest BCUT2D eigenvalue weighted by Gasteiger charge is -2.19. The molecule has 0 saturated carbocycles. The van der Waals surface area contributed by atoms with Gasteiger partial charge in [-0.1, -0.05) is 36.7 Å². The quantitative estimate of drug-likeness (QED) is 0.713. The van der Waals surface area contributed by atoms with Gasteiger partial charge in [0.05, 0.1) is 10.4 Å². The minimum Gasteiger partial charge on any atom is -0.306 e. The van der Waals surface area contributed by atoms with Crippen LogP contribution in [0.5, 0.6) is 0 Å². The average Bonchev–Trinajstić information content (AvgIpc) is 2.94. The molecule has 2 heterocycles. The zero-order chi connectivity index (χ0) is 14.7. The van der Waals surface area contributed by atoms with E-state index in [4.69, 9.17) is 11.6 Å². The van der Waals surface area contributed by atoms with E-state index in [2.05, 4.69) is 47.6 Å². The number of pyridine rings is 1. The van der Waals surface area contributed by atoms with Crippen LogP contribution in [0.1, 0.15) is 29.8 Å². The van der Waals surface area contributed by atoms with Gasteiger partial charge in [0, 0.05) is 22.7 Å². The first-order chi connectivity index (χ1) is 10.3. The molecule has 1 N–H and O–H groups in total. The van der Waals surface area contributed by atoms with Crippen molar-refractivity contribution >= 4 is 33.7 Å². The molecular weight excluding hydrogens is 300 g/mol. The maximum Gasteiger partial charge on any atom is 0.0931 e. The SMILES string of the molecule is CCCNC(c1ccc(Cl)s1)c1cccc2ccncc12. The Kier molecular flexibility index (Phi) is 4.54. The van der Waals surface area contributed by atoms with Crippen molar-refractivity contribution in [3.8, 4) is 0 Å². The molecule has 0 saturated heterocycles. The molecule has 1 aromatic carbocycles. The summed E-state index contributed by atoms with van der Waals surface area (Å²) in [7, 11) is 0. The lowest BCUT2D eigenvalue weighted by molar-refractivity contribution is 0.609. The summed E-state index contributed by atoms with van der Waals surface area (Å²) in [5, 5.41) is 6.04. The van der Waals surface area contributed by atoms with Crippen LogP contribution in [0.3, 0.4) is 0 Å². The Morgan fingerprint density at radius 2 is 2.14 bits per heavy atom. The molecule has 108 valence electrons. The Labute approximate surface area is 133 Å². The molecule has 3 aromatic rings. The highest BCUT2D eigenvalue weighted by Crippen LogP contribution is 2.34. The predicted molar refractivity (Wildman–Crippen MR) is 91.2 cm³/mol. The van der Waals surface area contributed by atoms with E-state index >= 15 is 0 Å². The van der Waals surface area contributed by atoms with Crippen LogP contribution in [-0.4, -0.2) is 11.5 Å². The van der Waals surface area contributed by atoms with E-state index in [9.17, 15) is 0 Å². The molecule has 0 aliphatic heterocycles. The van der Waals surface area contributed by atoms with E-state index in [0.29, 0.717) is 0 Å². The van der Waals surface area contributed by atoms with E-state index < -0.39 is 0 Å². The molecule has 0 aliphatic rings. The molecule has 0 bridgehead atoms. The van der Waals surface area contributed by atoms with E-state index in [1.165, 1.54) is 21.2 Å². The number of hydrogen-bond acceptors (Lipinski definition) is 3. The molecule has 1 unspecified atom stereocenters. The third kappa shape index (κ3) is 3.10. The summed E-state index contributed by atoms with van der Waals surface area (Å²) in [6.45, 7) is 3.15. The number of thiophene rings is 1. The van der Waals surface area contributed by atoms with Gasteiger partial charge in [-0.25, -0.2) is 0 Å². The molecule has 0 radical (unpaired) electrons. The summed E-state index contributed by atoms with van der Waals surface area (Å²) in [6.07, 6.45) is 4.88. The average molecular weight is 317 g/mol. The summed E-state index contributed by atoms with van der Waals surface area (Å²) < 4.78 is 0.826. The zero-order valence-electron chi connectivity index (χ0n) is 11.8. The minimum absolute atomic E-state index is 0.162. The normalized spacial score (nSPS) is 12.7. The molecule has 4 heteroatoms. The van der Waals surface area contributed by atoms with Crippen molar-refractivity contribution in [1.29, 1.82) is 0 Å². The van der Waals surface area contributed by atoms with Crippen molar-refractivity contribution in [3.63, 3.8) is 0 Å². The molecule has 1 atom stereocenters. The first-order valence-electron chi connectivity index (χ1n) is 7.11. The number of fused-ring (bicyclic) bond motifs is 1. The van der Waals surface area contributed by atoms with Crippen LogP contribution in [-0.2, 0) is 0 Å². The van der Waals surface area contributed by atoms with Gasteiger partial charge in [-0.05, 0) is 42.1 Å². The van der Waals surface area contributed by atoms with Crippen LogP contribution in [0.4, 0.5) is 0 Å². The second-order valence-electron chi connectivity index (χ2n) is 4.97. The number of hydrogen-bond donors (Lipinski definition) is 1. The molecule has 3 rings (SSSR count). The summed E-state index contributed by atoms with van der Waals surface area (Å²) in [5.41, 5.74) is 1.26. The van der Waals surface area contributed by atoms with Gasteiger partial charge in [0.25, 0.3) is 0 Å². The monoisotopic (exact) mass is 316 g/mol. The first-order valence-corrected chi connectivity index (χ1v) is 8.30. The fourth-order valence-electron chi connectivity index (χ4n) is 2.52. The van der Waals surface area contributed by atoms with Gasteiger partial charge in [0.1, 0.15) is 0 Å². The van der Waals surface area contributed by atoms with Crippen molar-refractivity contribution in [3.05, 3.63) is 63.6 Å². The minimum atomic E-state index is 0.162. The number of benzene rings is 1. The summed E-state index contributed by atoms with van der Waals surface area (Å²) in [5.74, 6) is 0. The molecule has 2 aromatic heterocycles. The lowest BCUT2D eigenvalue weighted by atomic mass is 9.99. The van der Waals surface area contributed by atoms with E-state index in [-0.39, 0.29) is 6.04 Å². The van der Waals surface area contributed by atoms with Crippen molar-refractivity contribution in [1.82, 2.24) is 10.3 Å². The van der Waals surface area contributed by atoms with Gasteiger partial charge in [-0.2, -0.15) is 0 Å². The molecule has 21 heavy (non-hydrogen) atoms. The third-order valence-corrected chi connectivity index (χ3v) is 4.80. The van der Waals surface area contributed by atoms with Gasteiger partial charge >= 0.3 is 0 Å². The second-order valence-corrected chi connectivity index (χ2v) is 6.72. The maximum atomic E-state index is 6.12. The molecular formula is C17H17ClN2S. The van der Waals surface area contributed by atoms with Crippen molar-refractivity contribution < 1.29 is 0 Å². The fraction of sp³-hybridized carbons (Fsp3) is 0.235. The molecule has 2 nitrogen and oxygen atoms in total. The van der Waals surface area contributed by atoms with Gasteiger partial charge < -0.3 is 5.32 Å². The lowest BCUT2D eigenvalue weighted by Crippen LogP contribution is -2.22. The zero-order valence-corrected chi connectivity index (χ0v) is 13.4. The number of nitrogens with zero attached hydrogens (tertiary/aromatic N) is 1. The molecule has 0 fully saturated rings. The van der Waals surface area contributed by atoms with Crippen LogP contribution < -0.4 is 5.32 Å². The molecule has 0 amide bonds. The van der Waals surface area contributed by atoms with Crippen molar-refractivity contribution in [2.45, 2.75) is 19.4 Å². The Morgan fingerprint density at radius 1 is 1.24 bits per heavy atom. The largest absolute Gasteiger partial charge is 0.306 e. The highest BCUT2D eigenvalue weighted by molar-refractivity contribution is 7.16. The number of aromatic nitrogens is 1. The highest BCUT2D eigenvalue weighted by atomic mass is 35.5. The summed E-state index contributed by atoms with van der Waals surface area (Å²) in [6, 6.07) is 12.7. The smallest absolute Gasteiger partial charge is 0.0931 e. The van der Waals surface area contributed by atoms with Gasteiger partial charge in [0.2, 0.25) is 0 Å². The predicted octanol–water partition coefficient (Wildman–Crippen LogP) is 5.04. The fourth-order valence-corrected chi connectivity index (χ4v) is 3.68. The number of halogens is 1. The number of rotatable bonds is 5. The van der Waals surface area contributed by atoms with Crippen molar-refractivity contribution in [2.24, 2.45) is 0 Å². The van der Waals surface area contributed by atoms with Crippen LogP contribution in [0.15, 0.2) is 48.8 Å². The Morgan fingerprint density at radius 3 is 2.90 bits per heavy atom. The van der Waals surface area contributed by atoms with Gasteiger partial charge in [-0.15, -0.1) is 11.3 Å².